The molecule has 138 valence electrons. The van der Waals surface area contributed by atoms with E-state index in [4.69, 9.17) is 11.6 Å². The molecular formula is C18H25ClN2O3S. The fourth-order valence-corrected chi connectivity index (χ4v) is 5.56. The minimum atomic E-state index is -3.58. The zero-order valence-electron chi connectivity index (χ0n) is 14.3. The van der Waals surface area contributed by atoms with Crippen LogP contribution in [0.15, 0.2) is 29.2 Å². The van der Waals surface area contributed by atoms with Crippen LogP contribution in [0.1, 0.15) is 44.9 Å². The molecule has 0 radical (unpaired) electrons. The maximum atomic E-state index is 12.8. The van der Waals surface area contributed by atoms with Gasteiger partial charge in [0.1, 0.15) is 0 Å². The van der Waals surface area contributed by atoms with E-state index >= 15 is 0 Å². The SMILES string of the molecule is O=C(N[C@@H]1CCCN(S(=O)(=O)c2cccc(Cl)c2)C1)C1CCCCC1. The van der Waals surface area contributed by atoms with Crippen LogP contribution >= 0.6 is 11.6 Å². The number of halogens is 1. The van der Waals surface area contributed by atoms with E-state index in [0.717, 1.165) is 38.5 Å². The number of nitrogens with zero attached hydrogens (tertiary/aromatic N) is 1. The summed E-state index contributed by atoms with van der Waals surface area (Å²) in [5.41, 5.74) is 0. The third-order valence-corrected chi connectivity index (χ3v) is 7.24. The van der Waals surface area contributed by atoms with Gasteiger partial charge < -0.3 is 5.32 Å². The van der Waals surface area contributed by atoms with Crippen molar-refractivity contribution in [1.82, 2.24) is 9.62 Å². The molecular weight excluding hydrogens is 360 g/mol. The molecule has 25 heavy (non-hydrogen) atoms. The van der Waals surface area contributed by atoms with E-state index in [0.29, 0.717) is 18.1 Å². The minimum Gasteiger partial charge on any atom is -0.352 e. The van der Waals surface area contributed by atoms with Gasteiger partial charge in [-0.3, -0.25) is 4.79 Å². The lowest BCUT2D eigenvalue weighted by Gasteiger charge is -2.33. The Balaban J connectivity index is 1.65. The summed E-state index contributed by atoms with van der Waals surface area (Å²) in [6, 6.07) is 6.22. The monoisotopic (exact) mass is 384 g/mol. The van der Waals surface area contributed by atoms with E-state index in [1.54, 1.807) is 18.2 Å². The third kappa shape index (κ3) is 4.54. The normalized spacial score (nSPS) is 23.3. The summed E-state index contributed by atoms with van der Waals surface area (Å²) < 4.78 is 27.1. The number of amides is 1. The molecule has 7 heteroatoms. The number of nitrogens with one attached hydrogen (secondary N) is 1. The number of hydrogen-bond acceptors (Lipinski definition) is 3. The largest absolute Gasteiger partial charge is 0.352 e. The highest BCUT2D eigenvalue weighted by Gasteiger charge is 2.32. The highest BCUT2D eigenvalue weighted by Crippen LogP contribution is 2.26. The van der Waals surface area contributed by atoms with Crippen molar-refractivity contribution >= 4 is 27.5 Å². The molecule has 2 aliphatic rings. The van der Waals surface area contributed by atoms with E-state index in [1.165, 1.54) is 16.8 Å². The molecule has 1 heterocycles. The molecule has 1 aliphatic heterocycles. The summed E-state index contributed by atoms with van der Waals surface area (Å²) >= 11 is 5.93. The molecule has 1 aromatic carbocycles. The van der Waals surface area contributed by atoms with Gasteiger partial charge in [-0.1, -0.05) is 36.9 Å². The lowest BCUT2D eigenvalue weighted by atomic mass is 9.88. The summed E-state index contributed by atoms with van der Waals surface area (Å²) in [7, 11) is -3.58. The maximum absolute atomic E-state index is 12.8. The lowest BCUT2D eigenvalue weighted by molar-refractivity contribution is -0.126. The fraction of sp³-hybridized carbons (Fsp3) is 0.611. The smallest absolute Gasteiger partial charge is 0.243 e. The molecule has 1 aliphatic carbocycles. The van der Waals surface area contributed by atoms with Gasteiger partial charge in [0, 0.05) is 30.1 Å². The molecule has 2 fully saturated rings. The molecule has 1 aromatic rings. The molecule has 0 bridgehead atoms. The molecule has 5 nitrogen and oxygen atoms in total. The van der Waals surface area contributed by atoms with E-state index < -0.39 is 10.0 Å². The average Bonchev–Trinajstić information content (AvgIpc) is 2.62. The van der Waals surface area contributed by atoms with E-state index in [2.05, 4.69) is 5.32 Å². The number of piperidine rings is 1. The highest BCUT2D eigenvalue weighted by molar-refractivity contribution is 7.89. The highest BCUT2D eigenvalue weighted by atomic mass is 35.5. The second-order valence-corrected chi connectivity index (χ2v) is 9.38. The second-order valence-electron chi connectivity index (χ2n) is 7.00. The number of hydrogen-bond donors (Lipinski definition) is 1. The van der Waals surface area contributed by atoms with Gasteiger partial charge in [-0.15, -0.1) is 0 Å². The van der Waals surface area contributed by atoms with Crippen LogP contribution in [0.3, 0.4) is 0 Å². The minimum absolute atomic E-state index is 0.0895. The molecule has 1 saturated heterocycles. The lowest BCUT2D eigenvalue weighted by Crippen LogP contribution is -2.50. The Bertz CT molecular complexity index is 717. The molecule has 1 amide bonds. The number of benzene rings is 1. The van der Waals surface area contributed by atoms with E-state index in [-0.39, 0.29) is 22.8 Å². The van der Waals surface area contributed by atoms with Crippen molar-refractivity contribution in [2.75, 3.05) is 13.1 Å². The molecule has 0 unspecified atom stereocenters. The van der Waals surface area contributed by atoms with Crippen molar-refractivity contribution < 1.29 is 13.2 Å². The predicted octanol–water partition coefficient (Wildman–Crippen LogP) is 3.19. The first kappa shape index (κ1) is 18.7. The maximum Gasteiger partial charge on any atom is 0.243 e. The molecule has 1 atom stereocenters. The van der Waals surface area contributed by atoms with Crippen molar-refractivity contribution in [2.24, 2.45) is 5.92 Å². The summed E-state index contributed by atoms with van der Waals surface area (Å²) in [6.07, 6.45) is 6.89. The van der Waals surface area contributed by atoms with Gasteiger partial charge in [-0.05, 0) is 43.9 Å². The van der Waals surface area contributed by atoms with Crippen molar-refractivity contribution in [3.8, 4) is 0 Å². The Morgan fingerprint density at radius 3 is 2.60 bits per heavy atom. The van der Waals surface area contributed by atoms with Crippen LogP contribution < -0.4 is 5.32 Å². The zero-order valence-corrected chi connectivity index (χ0v) is 15.9. The van der Waals surface area contributed by atoms with Crippen LogP contribution in [0, 0.1) is 5.92 Å². The predicted molar refractivity (Wildman–Crippen MR) is 98.0 cm³/mol. The third-order valence-electron chi connectivity index (χ3n) is 5.14. The molecule has 3 rings (SSSR count). The standard InChI is InChI=1S/C18H25ClN2O3S/c19-15-8-4-10-17(12-15)25(23,24)21-11-5-9-16(13-21)20-18(22)14-6-2-1-3-7-14/h4,8,10,12,14,16H,1-3,5-7,9,11,13H2,(H,20,22)/t16-/m1/s1. The van der Waals surface area contributed by atoms with Crippen LogP contribution in [0.5, 0.6) is 0 Å². The molecule has 1 saturated carbocycles. The van der Waals surface area contributed by atoms with Crippen molar-refractivity contribution in [3.05, 3.63) is 29.3 Å². The summed E-state index contributed by atoms with van der Waals surface area (Å²) in [4.78, 5) is 12.6. The number of carbonyl (C=O) groups excluding carboxylic acids is 1. The van der Waals surface area contributed by atoms with Gasteiger partial charge in [0.15, 0.2) is 0 Å². The molecule has 1 N–H and O–H groups in total. The number of carbonyl (C=O) groups is 1. The van der Waals surface area contributed by atoms with Gasteiger partial charge in [-0.2, -0.15) is 4.31 Å². The first-order chi connectivity index (χ1) is 12.0. The Morgan fingerprint density at radius 1 is 1.12 bits per heavy atom. The average molecular weight is 385 g/mol. The van der Waals surface area contributed by atoms with Crippen LogP contribution in [-0.4, -0.2) is 37.8 Å². The first-order valence-corrected chi connectivity index (χ1v) is 10.8. The van der Waals surface area contributed by atoms with Gasteiger partial charge in [0.2, 0.25) is 15.9 Å². The van der Waals surface area contributed by atoms with E-state index in [9.17, 15) is 13.2 Å². The fourth-order valence-electron chi connectivity index (χ4n) is 3.74. The zero-order chi connectivity index (χ0) is 17.9. The quantitative estimate of drug-likeness (QED) is 0.866. The Morgan fingerprint density at radius 2 is 1.88 bits per heavy atom. The summed E-state index contributed by atoms with van der Waals surface area (Å²) in [5.74, 6) is 0.181. The Kier molecular flexibility index (Phi) is 6.02. The van der Waals surface area contributed by atoms with Crippen LogP contribution in [0.25, 0.3) is 0 Å². The Labute approximate surface area is 154 Å². The Hall–Kier alpha value is -1.11. The topological polar surface area (TPSA) is 66.5 Å². The summed E-state index contributed by atoms with van der Waals surface area (Å²) in [6.45, 7) is 0.804. The van der Waals surface area contributed by atoms with E-state index in [1.807, 2.05) is 0 Å². The first-order valence-electron chi connectivity index (χ1n) is 9.03. The van der Waals surface area contributed by atoms with Crippen LogP contribution in [0.2, 0.25) is 5.02 Å². The second kappa shape index (κ2) is 8.06. The summed E-state index contributed by atoms with van der Waals surface area (Å²) in [5, 5.41) is 3.49. The molecule has 0 spiro atoms. The van der Waals surface area contributed by atoms with Gasteiger partial charge in [0.05, 0.1) is 4.90 Å². The van der Waals surface area contributed by atoms with Crippen molar-refractivity contribution in [3.63, 3.8) is 0 Å². The number of rotatable bonds is 4. The molecule has 0 aromatic heterocycles. The van der Waals surface area contributed by atoms with Crippen molar-refractivity contribution in [2.45, 2.75) is 55.9 Å². The van der Waals surface area contributed by atoms with Gasteiger partial charge in [0.25, 0.3) is 0 Å². The van der Waals surface area contributed by atoms with Crippen LogP contribution in [-0.2, 0) is 14.8 Å². The van der Waals surface area contributed by atoms with Crippen molar-refractivity contribution in [1.29, 1.82) is 0 Å². The van der Waals surface area contributed by atoms with Gasteiger partial charge >= 0.3 is 0 Å². The van der Waals surface area contributed by atoms with Gasteiger partial charge in [-0.25, -0.2) is 8.42 Å². The number of sulfonamides is 1. The van der Waals surface area contributed by atoms with Crippen LogP contribution in [0.4, 0.5) is 0 Å².